The maximum atomic E-state index is 2.43. The van der Waals surface area contributed by atoms with Crippen molar-refractivity contribution in [1.82, 2.24) is 0 Å². The van der Waals surface area contributed by atoms with Crippen LogP contribution in [-0.2, 0) is 25.9 Å². The van der Waals surface area contributed by atoms with Crippen LogP contribution in [0.3, 0.4) is 0 Å². The molecule has 0 saturated carbocycles. The first-order valence-corrected chi connectivity index (χ1v) is 13.5. The van der Waals surface area contributed by atoms with Gasteiger partial charge in [-0.15, -0.1) is 22.7 Å². The second-order valence-electron chi connectivity index (χ2n) is 8.96. The summed E-state index contributed by atoms with van der Waals surface area (Å²) in [6.07, 6.45) is 11.2. The third kappa shape index (κ3) is 3.37. The molecule has 0 N–H and O–H groups in total. The number of fused-ring (bicyclic) bond motifs is 7. The Morgan fingerprint density at radius 1 is 0.676 bits per heavy atom. The molecule has 5 aromatic rings. The molecule has 0 amide bonds. The van der Waals surface area contributed by atoms with Crippen LogP contribution in [0.1, 0.15) is 21.6 Å². The minimum absolute atomic E-state index is 1.04. The van der Waals surface area contributed by atoms with Gasteiger partial charge in [0.05, 0.1) is 11.1 Å². The molecule has 4 heteroatoms. The van der Waals surface area contributed by atoms with Crippen LogP contribution in [-0.4, -0.2) is 0 Å². The molecule has 0 radical (unpaired) electrons. The van der Waals surface area contributed by atoms with Gasteiger partial charge in [-0.05, 0) is 52.4 Å². The summed E-state index contributed by atoms with van der Waals surface area (Å²) in [5, 5.41) is 2.14. The zero-order valence-electron chi connectivity index (χ0n) is 18.8. The van der Waals surface area contributed by atoms with Crippen LogP contribution in [0.5, 0.6) is 0 Å². The molecular weight excluding hydrogens is 452 g/mol. The molecule has 6 heterocycles. The Morgan fingerprint density at radius 2 is 1.50 bits per heavy atom. The lowest BCUT2D eigenvalue weighted by molar-refractivity contribution is -0.689. The third-order valence-corrected chi connectivity index (χ3v) is 9.08. The van der Waals surface area contributed by atoms with E-state index in [1.165, 1.54) is 53.8 Å². The van der Waals surface area contributed by atoms with Crippen molar-refractivity contribution in [2.75, 3.05) is 0 Å². The Morgan fingerprint density at radius 3 is 2.32 bits per heavy atom. The smallest absolute Gasteiger partial charge is 0.198 e. The molecule has 2 nitrogen and oxygen atoms in total. The maximum absolute atomic E-state index is 2.43. The largest absolute Gasteiger partial charge is 0.214 e. The SMILES string of the molecule is C(=C\c1ccc(-c2cccs2)s1)/c1cc[n+]2c(c1)-c1c(ccc3c1-c1cccc[n+]1CC3)CC2. The number of thiophene rings is 2. The van der Waals surface area contributed by atoms with Crippen LogP contribution in [0.4, 0.5) is 0 Å². The summed E-state index contributed by atoms with van der Waals surface area (Å²) in [5.74, 6) is 0. The average molecular weight is 477 g/mol. The van der Waals surface area contributed by atoms with E-state index < -0.39 is 0 Å². The Bertz CT molecular complexity index is 1560. The second kappa shape index (κ2) is 8.15. The number of nitrogens with zero attached hydrogens (tertiary/aromatic N) is 2. The van der Waals surface area contributed by atoms with Crippen molar-refractivity contribution < 1.29 is 9.13 Å². The van der Waals surface area contributed by atoms with Crippen LogP contribution >= 0.6 is 22.7 Å². The van der Waals surface area contributed by atoms with E-state index in [2.05, 4.69) is 106 Å². The number of aromatic nitrogens is 2. The molecule has 164 valence electrons. The van der Waals surface area contributed by atoms with E-state index in [1.54, 1.807) is 11.3 Å². The Balaban J connectivity index is 1.30. The minimum Gasteiger partial charge on any atom is -0.198 e. The molecule has 0 saturated heterocycles. The lowest BCUT2D eigenvalue weighted by atomic mass is 9.85. The molecule has 0 atom stereocenters. The molecule has 1 aromatic carbocycles. The fraction of sp³-hybridized carbons (Fsp3) is 0.133. The molecule has 0 aliphatic carbocycles. The van der Waals surface area contributed by atoms with Crippen molar-refractivity contribution in [3.63, 3.8) is 0 Å². The molecule has 0 spiro atoms. The van der Waals surface area contributed by atoms with Gasteiger partial charge in [-0.3, -0.25) is 0 Å². The van der Waals surface area contributed by atoms with Crippen molar-refractivity contribution in [2.24, 2.45) is 0 Å². The van der Waals surface area contributed by atoms with Gasteiger partial charge in [0.1, 0.15) is 0 Å². The number of pyridine rings is 2. The van der Waals surface area contributed by atoms with Crippen molar-refractivity contribution in [1.29, 1.82) is 0 Å². The predicted molar refractivity (Wildman–Crippen MR) is 142 cm³/mol. The number of rotatable bonds is 3. The Kier molecular flexibility index (Phi) is 4.81. The first-order valence-electron chi connectivity index (χ1n) is 11.8. The van der Waals surface area contributed by atoms with Crippen LogP contribution in [0.15, 0.2) is 84.5 Å². The van der Waals surface area contributed by atoms with Gasteiger partial charge in [0.2, 0.25) is 11.4 Å². The van der Waals surface area contributed by atoms with E-state index in [9.17, 15) is 0 Å². The fourth-order valence-electron chi connectivity index (χ4n) is 5.30. The summed E-state index contributed by atoms with van der Waals surface area (Å²) in [5.41, 5.74) is 9.72. The summed E-state index contributed by atoms with van der Waals surface area (Å²) >= 11 is 3.65. The number of hydrogen-bond donors (Lipinski definition) is 0. The lowest BCUT2D eigenvalue weighted by Crippen LogP contribution is -2.43. The summed E-state index contributed by atoms with van der Waals surface area (Å²) in [7, 11) is 0. The molecule has 2 aliphatic rings. The topological polar surface area (TPSA) is 7.76 Å². The highest BCUT2D eigenvalue weighted by Crippen LogP contribution is 2.39. The predicted octanol–water partition coefficient (Wildman–Crippen LogP) is 6.67. The lowest BCUT2D eigenvalue weighted by Gasteiger charge is -2.22. The van der Waals surface area contributed by atoms with Crippen molar-refractivity contribution in [3.05, 3.63) is 106 Å². The fourth-order valence-corrected chi connectivity index (χ4v) is 7.05. The number of benzene rings is 1. The summed E-state index contributed by atoms with van der Waals surface area (Å²) in [6.45, 7) is 2.09. The van der Waals surface area contributed by atoms with E-state index >= 15 is 0 Å². The van der Waals surface area contributed by atoms with Crippen LogP contribution in [0.2, 0.25) is 0 Å². The first-order chi connectivity index (χ1) is 16.8. The maximum Gasteiger partial charge on any atom is 0.214 e. The van der Waals surface area contributed by atoms with E-state index in [0.717, 1.165) is 25.9 Å². The number of hydrogen-bond acceptors (Lipinski definition) is 2. The van der Waals surface area contributed by atoms with Gasteiger partial charge in [-0.2, -0.15) is 9.13 Å². The van der Waals surface area contributed by atoms with E-state index in [1.807, 2.05) is 11.3 Å². The zero-order valence-corrected chi connectivity index (χ0v) is 20.4. The second-order valence-corrected chi connectivity index (χ2v) is 11.0. The van der Waals surface area contributed by atoms with Gasteiger partial charge < -0.3 is 0 Å². The van der Waals surface area contributed by atoms with Crippen molar-refractivity contribution in [3.8, 4) is 32.3 Å². The third-order valence-electron chi connectivity index (χ3n) is 6.97. The number of aryl methyl sites for hydroxylation is 4. The average Bonchev–Trinajstić information content (AvgIpc) is 3.59. The molecule has 0 bridgehead atoms. The summed E-state index contributed by atoms with van der Waals surface area (Å²) in [4.78, 5) is 3.97. The molecular formula is C30H24N2S2+2. The minimum atomic E-state index is 1.04. The molecule has 34 heavy (non-hydrogen) atoms. The summed E-state index contributed by atoms with van der Waals surface area (Å²) in [6, 6.07) is 24.7. The van der Waals surface area contributed by atoms with Crippen molar-refractivity contribution in [2.45, 2.75) is 25.9 Å². The quantitative estimate of drug-likeness (QED) is 0.257. The van der Waals surface area contributed by atoms with Gasteiger partial charge in [0.25, 0.3) is 0 Å². The van der Waals surface area contributed by atoms with Gasteiger partial charge in [-0.1, -0.05) is 24.3 Å². The van der Waals surface area contributed by atoms with Gasteiger partial charge in [-0.25, -0.2) is 0 Å². The van der Waals surface area contributed by atoms with Crippen LogP contribution in [0.25, 0.3) is 44.4 Å². The molecule has 0 unspecified atom stereocenters. The highest BCUT2D eigenvalue weighted by atomic mass is 32.1. The van der Waals surface area contributed by atoms with Gasteiger partial charge >= 0.3 is 0 Å². The molecule has 4 aromatic heterocycles. The Hall–Kier alpha value is -3.34. The highest BCUT2D eigenvalue weighted by molar-refractivity contribution is 7.21. The van der Waals surface area contributed by atoms with Gasteiger partial charge in [0.15, 0.2) is 25.5 Å². The van der Waals surface area contributed by atoms with E-state index in [-0.39, 0.29) is 0 Å². The highest BCUT2D eigenvalue weighted by Gasteiger charge is 2.33. The van der Waals surface area contributed by atoms with Crippen molar-refractivity contribution >= 4 is 34.8 Å². The van der Waals surface area contributed by atoms with Crippen LogP contribution in [0, 0.1) is 0 Å². The first kappa shape index (κ1) is 20.1. The van der Waals surface area contributed by atoms with E-state index in [0.29, 0.717) is 0 Å². The van der Waals surface area contributed by atoms with E-state index in [4.69, 9.17) is 0 Å². The molecule has 7 rings (SSSR count). The Labute approximate surface area is 207 Å². The van der Waals surface area contributed by atoms with Crippen LogP contribution < -0.4 is 9.13 Å². The summed E-state index contributed by atoms with van der Waals surface area (Å²) < 4.78 is 4.84. The standard InChI is InChI=1S/C30H24N2S2/c1-2-15-31-17-13-22-7-8-23-14-18-32-16-12-21(20-26(32)30(23)29(22)25(31)4-1)6-9-24-10-11-28(34-24)27-5-3-19-33-27/h1-12,15-16,19-20H,13-14,17-18H2/q+2/b9-6+. The zero-order chi connectivity index (χ0) is 22.5. The van der Waals surface area contributed by atoms with Gasteiger partial charge in [0, 0.05) is 51.7 Å². The monoisotopic (exact) mass is 476 g/mol. The normalized spacial score (nSPS) is 13.9. The molecule has 2 aliphatic heterocycles. The molecule has 0 fully saturated rings.